The second-order valence-corrected chi connectivity index (χ2v) is 7.37. The fourth-order valence-corrected chi connectivity index (χ4v) is 4.47. The van der Waals surface area contributed by atoms with Gasteiger partial charge < -0.3 is 5.32 Å². The van der Waals surface area contributed by atoms with E-state index < -0.39 is 9.84 Å². The summed E-state index contributed by atoms with van der Waals surface area (Å²) in [7, 11) is -2.84. The molecule has 1 fully saturated rings. The third-order valence-corrected chi connectivity index (χ3v) is 5.73. The smallest absolute Gasteiger partial charge is 0.153 e. The molecule has 0 amide bonds. The van der Waals surface area contributed by atoms with Crippen molar-refractivity contribution in [2.75, 3.05) is 18.8 Å². The van der Waals surface area contributed by atoms with Gasteiger partial charge in [-0.15, -0.1) is 0 Å². The molecule has 3 nitrogen and oxygen atoms in total. The topological polar surface area (TPSA) is 46.2 Å². The molecule has 4 heteroatoms. The van der Waals surface area contributed by atoms with E-state index in [0.717, 1.165) is 38.8 Å². The lowest BCUT2D eigenvalue weighted by Gasteiger charge is -2.26. The first-order chi connectivity index (χ1) is 7.56. The molecule has 0 aromatic carbocycles. The third kappa shape index (κ3) is 4.42. The van der Waals surface area contributed by atoms with E-state index in [9.17, 15) is 8.42 Å². The fraction of sp³-hybridized carbons (Fsp3) is 1.00. The minimum Gasteiger partial charge on any atom is -0.317 e. The molecule has 1 aliphatic carbocycles. The van der Waals surface area contributed by atoms with Crippen molar-refractivity contribution in [2.24, 2.45) is 5.92 Å². The summed E-state index contributed by atoms with van der Waals surface area (Å²) in [6.45, 7) is 5.94. The Morgan fingerprint density at radius 3 is 2.69 bits per heavy atom. The van der Waals surface area contributed by atoms with E-state index in [1.165, 1.54) is 6.42 Å². The van der Waals surface area contributed by atoms with Crippen LogP contribution < -0.4 is 5.32 Å². The van der Waals surface area contributed by atoms with Crippen LogP contribution in [0.15, 0.2) is 0 Å². The Morgan fingerprint density at radius 2 is 2.06 bits per heavy atom. The highest BCUT2D eigenvalue weighted by Crippen LogP contribution is 2.28. The molecule has 2 unspecified atom stereocenters. The Bertz CT molecular complexity index is 287. The van der Waals surface area contributed by atoms with E-state index in [0.29, 0.717) is 11.7 Å². The SMILES string of the molecule is CCNCCCS(=O)(=O)C1CCCC(C)C1. The standard InChI is InChI=1S/C12H25NO2S/c1-3-13-8-5-9-16(14,15)12-7-4-6-11(2)10-12/h11-13H,3-10H2,1-2H3. The van der Waals surface area contributed by atoms with E-state index in [4.69, 9.17) is 0 Å². The predicted octanol–water partition coefficient (Wildman–Crippen LogP) is 1.98. The van der Waals surface area contributed by atoms with E-state index >= 15 is 0 Å². The Hall–Kier alpha value is -0.0900. The van der Waals surface area contributed by atoms with Crippen LogP contribution >= 0.6 is 0 Å². The van der Waals surface area contributed by atoms with Gasteiger partial charge in [-0.3, -0.25) is 0 Å². The second kappa shape index (κ2) is 6.60. The Kier molecular flexibility index (Phi) is 5.76. The first-order valence-corrected chi connectivity index (χ1v) is 8.20. The van der Waals surface area contributed by atoms with Gasteiger partial charge in [-0.25, -0.2) is 8.42 Å². The zero-order valence-corrected chi connectivity index (χ0v) is 11.4. The summed E-state index contributed by atoms with van der Waals surface area (Å²) in [5, 5.41) is 3.11. The Morgan fingerprint density at radius 1 is 1.31 bits per heavy atom. The first-order valence-electron chi connectivity index (χ1n) is 6.48. The van der Waals surface area contributed by atoms with Gasteiger partial charge in [-0.1, -0.05) is 26.7 Å². The van der Waals surface area contributed by atoms with Crippen LogP contribution in [0.5, 0.6) is 0 Å². The third-order valence-electron chi connectivity index (χ3n) is 3.43. The van der Waals surface area contributed by atoms with Crippen LogP contribution in [0.1, 0.15) is 46.0 Å². The van der Waals surface area contributed by atoms with Crippen molar-refractivity contribution in [3.63, 3.8) is 0 Å². The molecule has 2 atom stereocenters. The summed E-state index contributed by atoms with van der Waals surface area (Å²) in [5.74, 6) is 0.944. The van der Waals surface area contributed by atoms with Crippen LogP contribution in [0.2, 0.25) is 0 Å². The minimum absolute atomic E-state index is 0.0575. The number of hydrogen-bond acceptors (Lipinski definition) is 3. The molecule has 96 valence electrons. The van der Waals surface area contributed by atoms with Gasteiger partial charge in [-0.2, -0.15) is 0 Å². The van der Waals surface area contributed by atoms with Gasteiger partial charge in [0.25, 0.3) is 0 Å². The molecule has 0 spiro atoms. The van der Waals surface area contributed by atoms with Crippen molar-refractivity contribution in [3.05, 3.63) is 0 Å². The predicted molar refractivity (Wildman–Crippen MR) is 68.4 cm³/mol. The number of hydrogen-bond donors (Lipinski definition) is 1. The maximum Gasteiger partial charge on any atom is 0.153 e. The number of sulfone groups is 1. The lowest BCUT2D eigenvalue weighted by atomic mass is 9.91. The van der Waals surface area contributed by atoms with Crippen molar-refractivity contribution in [1.29, 1.82) is 0 Å². The van der Waals surface area contributed by atoms with Gasteiger partial charge in [-0.05, 0) is 38.3 Å². The molecule has 1 N–H and O–H groups in total. The van der Waals surface area contributed by atoms with Crippen LogP contribution in [-0.2, 0) is 9.84 Å². The maximum atomic E-state index is 12.1. The highest BCUT2D eigenvalue weighted by atomic mass is 32.2. The van der Waals surface area contributed by atoms with E-state index in [1.807, 2.05) is 6.92 Å². The van der Waals surface area contributed by atoms with Gasteiger partial charge >= 0.3 is 0 Å². The fourth-order valence-electron chi connectivity index (χ4n) is 2.45. The first kappa shape index (κ1) is 14.0. The maximum absolute atomic E-state index is 12.1. The van der Waals surface area contributed by atoms with Crippen LogP contribution in [0.4, 0.5) is 0 Å². The van der Waals surface area contributed by atoms with Gasteiger partial charge in [0, 0.05) is 0 Å². The zero-order chi connectivity index (χ0) is 12.0. The zero-order valence-electron chi connectivity index (χ0n) is 10.5. The van der Waals surface area contributed by atoms with Crippen LogP contribution in [0.25, 0.3) is 0 Å². The molecule has 16 heavy (non-hydrogen) atoms. The van der Waals surface area contributed by atoms with E-state index in [2.05, 4.69) is 12.2 Å². The molecular formula is C12H25NO2S. The summed E-state index contributed by atoms with van der Waals surface area (Å²) in [6, 6.07) is 0. The van der Waals surface area contributed by atoms with Crippen LogP contribution in [0.3, 0.4) is 0 Å². The van der Waals surface area contributed by atoms with Crippen molar-refractivity contribution in [3.8, 4) is 0 Å². The lowest BCUT2D eigenvalue weighted by Crippen LogP contribution is -2.30. The molecule has 0 aliphatic heterocycles. The summed E-state index contributed by atoms with van der Waals surface area (Å²) in [4.78, 5) is 0. The Balaban J connectivity index is 2.37. The van der Waals surface area contributed by atoms with Crippen molar-refractivity contribution in [1.82, 2.24) is 5.32 Å². The van der Waals surface area contributed by atoms with Gasteiger partial charge in [0.2, 0.25) is 0 Å². The van der Waals surface area contributed by atoms with Crippen molar-refractivity contribution >= 4 is 9.84 Å². The van der Waals surface area contributed by atoms with E-state index in [-0.39, 0.29) is 5.25 Å². The van der Waals surface area contributed by atoms with Gasteiger partial charge in [0.05, 0.1) is 11.0 Å². The number of rotatable bonds is 6. The lowest BCUT2D eigenvalue weighted by molar-refractivity contribution is 0.381. The van der Waals surface area contributed by atoms with Crippen molar-refractivity contribution in [2.45, 2.75) is 51.2 Å². The minimum atomic E-state index is -2.84. The van der Waals surface area contributed by atoms with Crippen molar-refractivity contribution < 1.29 is 8.42 Å². The molecule has 0 saturated heterocycles. The van der Waals surface area contributed by atoms with E-state index in [1.54, 1.807) is 0 Å². The average Bonchev–Trinajstić information content (AvgIpc) is 2.24. The van der Waals surface area contributed by atoms with Crippen LogP contribution in [0, 0.1) is 5.92 Å². The molecular weight excluding hydrogens is 222 g/mol. The summed E-state index contributed by atoms with van der Waals surface area (Å²) in [5.41, 5.74) is 0. The highest BCUT2D eigenvalue weighted by molar-refractivity contribution is 7.92. The second-order valence-electron chi connectivity index (χ2n) is 4.97. The average molecular weight is 247 g/mol. The summed E-state index contributed by atoms with van der Waals surface area (Å²) >= 11 is 0. The summed E-state index contributed by atoms with van der Waals surface area (Å²) in [6.07, 6.45) is 4.79. The summed E-state index contributed by atoms with van der Waals surface area (Å²) < 4.78 is 24.1. The highest BCUT2D eigenvalue weighted by Gasteiger charge is 2.29. The largest absolute Gasteiger partial charge is 0.317 e. The molecule has 0 aromatic rings. The quantitative estimate of drug-likeness (QED) is 0.730. The normalized spacial score (nSPS) is 26.9. The molecule has 0 aromatic heterocycles. The molecule has 1 aliphatic rings. The molecule has 1 rings (SSSR count). The van der Waals surface area contributed by atoms with Crippen LogP contribution in [-0.4, -0.2) is 32.5 Å². The molecule has 0 bridgehead atoms. The molecule has 1 saturated carbocycles. The Labute approximate surface area is 99.9 Å². The molecule has 0 radical (unpaired) electrons. The number of nitrogens with one attached hydrogen (secondary N) is 1. The van der Waals surface area contributed by atoms with Gasteiger partial charge in [0.15, 0.2) is 9.84 Å². The monoisotopic (exact) mass is 247 g/mol. The van der Waals surface area contributed by atoms with Gasteiger partial charge in [0.1, 0.15) is 0 Å². The molecule has 0 heterocycles.